The first-order chi connectivity index (χ1) is 5.04. The Bertz CT molecular complexity index is 339. The van der Waals surface area contributed by atoms with Gasteiger partial charge in [-0.05, 0) is 13.8 Å². The highest BCUT2D eigenvalue weighted by Gasteiger charge is 2.03. The summed E-state index contributed by atoms with van der Waals surface area (Å²) in [6.07, 6.45) is 0. The molecule has 11 heavy (non-hydrogen) atoms. The lowest BCUT2D eigenvalue weighted by atomic mass is 10.2. The van der Waals surface area contributed by atoms with Gasteiger partial charge in [-0.15, -0.1) is 0 Å². The monoisotopic (exact) mass is 153 g/mol. The van der Waals surface area contributed by atoms with Crippen molar-refractivity contribution in [2.75, 3.05) is 0 Å². The van der Waals surface area contributed by atoms with Crippen molar-refractivity contribution in [1.29, 1.82) is 0 Å². The SMILES string of the molecule is Cc1c(C)n(C)c(O)cc1=O. The molecule has 1 N–H and O–H groups in total. The van der Waals surface area contributed by atoms with Gasteiger partial charge in [0.2, 0.25) is 0 Å². The largest absolute Gasteiger partial charge is 0.494 e. The highest BCUT2D eigenvalue weighted by Crippen LogP contribution is 2.08. The number of aromatic nitrogens is 1. The second-order valence-electron chi connectivity index (χ2n) is 2.64. The lowest BCUT2D eigenvalue weighted by molar-refractivity contribution is 0.422. The number of hydrogen-bond donors (Lipinski definition) is 1. The Hall–Kier alpha value is -1.25. The van der Waals surface area contributed by atoms with Gasteiger partial charge in [0.1, 0.15) is 0 Å². The maximum atomic E-state index is 11.0. The molecular formula is C8H11NO2. The third kappa shape index (κ3) is 1.13. The molecule has 0 atom stereocenters. The van der Waals surface area contributed by atoms with Crippen molar-refractivity contribution in [1.82, 2.24) is 4.57 Å². The predicted molar refractivity (Wildman–Crippen MR) is 42.8 cm³/mol. The summed E-state index contributed by atoms with van der Waals surface area (Å²) in [5, 5.41) is 9.17. The molecule has 1 rings (SSSR count). The second-order valence-corrected chi connectivity index (χ2v) is 2.64. The number of pyridine rings is 1. The van der Waals surface area contributed by atoms with Crippen molar-refractivity contribution in [2.45, 2.75) is 13.8 Å². The van der Waals surface area contributed by atoms with E-state index in [2.05, 4.69) is 0 Å². The Morgan fingerprint density at radius 2 is 2.00 bits per heavy atom. The van der Waals surface area contributed by atoms with E-state index < -0.39 is 0 Å². The molecule has 0 amide bonds. The summed E-state index contributed by atoms with van der Waals surface area (Å²) in [6.45, 7) is 3.55. The van der Waals surface area contributed by atoms with Crippen LogP contribution in [0, 0.1) is 13.8 Å². The van der Waals surface area contributed by atoms with E-state index in [4.69, 9.17) is 5.11 Å². The Kier molecular flexibility index (Phi) is 1.72. The molecule has 0 aliphatic heterocycles. The molecule has 1 aromatic rings. The number of nitrogens with zero attached hydrogens (tertiary/aromatic N) is 1. The third-order valence-electron chi connectivity index (χ3n) is 2.02. The van der Waals surface area contributed by atoms with Crippen molar-refractivity contribution >= 4 is 0 Å². The number of aromatic hydroxyl groups is 1. The topological polar surface area (TPSA) is 42.2 Å². The smallest absolute Gasteiger partial charge is 0.194 e. The van der Waals surface area contributed by atoms with Gasteiger partial charge in [-0.2, -0.15) is 0 Å². The fraction of sp³-hybridized carbons (Fsp3) is 0.375. The van der Waals surface area contributed by atoms with E-state index in [9.17, 15) is 4.79 Å². The Morgan fingerprint density at radius 3 is 2.55 bits per heavy atom. The van der Waals surface area contributed by atoms with Crippen molar-refractivity contribution in [3.8, 4) is 5.88 Å². The van der Waals surface area contributed by atoms with Crippen LogP contribution >= 0.6 is 0 Å². The van der Waals surface area contributed by atoms with Crippen LogP contribution in [0.3, 0.4) is 0 Å². The van der Waals surface area contributed by atoms with Crippen molar-refractivity contribution in [3.63, 3.8) is 0 Å². The van der Waals surface area contributed by atoms with Gasteiger partial charge in [0, 0.05) is 24.4 Å². The van der Waals surface area contributed by atoms with E-state index in [1.807, 2.05) is 0 Å². The molecule has 0 spiro atoms. The van der Waals surface area contributed by atoms with Crippen LogP contribution in [0.2, 0.25) is 0 Å². The summed E-state index contributed by atoms with van der Waals surface area (Å²) in [6, 6.07) is 1.22. The number of rotatable bonds is 0. The molecule has 0 aliphatic carbocycles. The second kappa shape index (κ2) is 2.42. The molecule has 3 nitrogen and oxygen atoms in total. The van der Waals surface area contributed by atoms with Crippen molar-refractivity contribution < 1.29 is 5.11 Å². The highest BCUT2D eigenvalue weighted by molar-refractivity contribution is 5.24. The molecule has 0 aromatic carbocycles. The quantitative estimate of drug-likeness (QED) is 0.596. The van der Waals surface area contributed by atoms with Crippen LogP contribution in [0.5, 0.6) is 5.88 Å². The highest BCUT2D eigenvalue weighted by atomic mass is 16.3. The van der Waals surface area contributed by atoms with Gasteiger partial charge in [0.25, 0.3) is 0 Å². The Morgan fingerprint density at radius 1 is 1.45 bits per heavy atom. The summed E-state index contributed by atoms with van der Waals surface area (Å²) < 4.78 is 1.58. The molecule has 0 radical (unpaired) electrons. The minimum absolute atomic E-state index is 0.0121. The molecule has 0 saturated carbocycles. The van der Waals surface area contributed by atoms with Gasteiger partial charge in [-0.3, -0.25) is 4.79 Å². The minimum Gasteiger partial charge on any atom is -0.494 e. The molecular weight excluding hydrogens is 142 g/mol. The summed E-state index contributed by atoms with van der Waals surface area (Å²) in [5.41, 5.74) is 1.37. The van der Waals surface area contributed by atoms with Gasteiger partial charge in [-0.25, -0.2) is 0 Å². The summed E-state index contributed by atoms with van der Waals surface area (Å²) in [7, 11) is 1.72. The molecule has 1 heterocycles. The van der Waals surface area contributed by atoms with Gasteiger partial charge >= 0.3 is 0 Å². The third-order valence-corrected chi connectivity index (χ3v) is 2.02. The fourth-order valence-corrected chi connectivity index (χ4v) is 0.924. The van der Waals surface area contributed by atoms with Crippen LogP contribution in [0.15, 0.2) is 10.9 Å². The standard InChI is InChI=1S/C8H11NO2/c1-5-6(2)9(3)8(11)4-7(5)10/h4,11H,1-3H3. The molecule has 3 heteroatoms. The first-order valence-corrected chi connectivity index (χ1v) is 3.40. The molecule has 0 unspecified atom stereocenters. The molecule has 0 fully saturated rings. The zero-order chi connectivity index (χ0) is 8.59. The summed E-state index contributed by atoms with van der Waals surface area (Å²) in [5.74, 6) is 0.0121. The van der Waals surface area contributed by atoms with Gasteiger partial charge in [0.15, 0.2) is 11.3 Å². The van der Waals surface area contributed by atoms with E-state index in [0.717, 1.165) is 5.69 Å². The minimum atomic E-state index is -0.113. The van der Waals surface area contributed by atoms with E-state index in [-0.39, 0.29) is 11.3 Å². The van der Waals surface area contributed by atoms with Crippen LogP contribution < -0.4 is 5.43 Å². The Labute approximate surface area is 64.9 Å². The molecule has 0 bridgehead atoms. The average Bonchev–Trinajstić information content (AvgIpc) is 1.97. The van der Waals surface area contributed by atoms with Crippen LogP contribution in [0.1, 0.15) is 11.3 Å². The first-order valence-electron chi connectivity index (χ1n) is 3.40. The molecule has 0 aliphatic rings. The van der Waals surface area contributed by atoms with Crippen LogP contribution in [-0.4, -0.2) is 9.67 Å². The average molecular weight is 153 g/mol. The first kappa shape index (κ1) is 7.85. The summed E-state index contributed by atoms with van der Waals surface area (Å²) >= 11 is 0. The molecule has 1 aromatic heterocycles. The Balaban J connectivity index is 3.59. The maximum absolute atomic E-state index is 11.0. The van der Waals surface area contributed by atoms with E-state index in [0.29, 0.717) is 5.56 Å². The zero-order valence-corrected chi connectivity index (χ0v) is 6.88. The van der Waals surface area contributed by atoms with Gasteiger partial charge in [-0.1, -0.05) is 0 Å². The molecule has 60 valence electrons. The maximum Gasteiger partial charge on any atom is 0.194 e. The van der Waals surface area contributed by atoms with E-state index in [1.165, 1.54) is 6.07 Å². The van der Waals surface area contributed by atoms with Crippen LogP contribution in [0.4, 0.5) is 0 Å². The summed E-state index contributed by atoms with van der Waals surface area (Å²) in [4.78, 5) is 11.0. The number of hydrogen-bond acceptors (Lipinski definition) is 2. The fourth-order valence-electron chi connectivity index (χ4n) is 0.924. The zero-order valence-electron chi connectivity index (χ0n) is 6.88. The molecule has 0 saturated heterocycles. The van der Waals surface area contributed by atoms with Crippen molar-refractivity contribution in [2.24, 2.45) is 7.05 Å². The normalized spacial score (nSPS) is 10.1. The van der Waals surface area contributed by atoms with Gasteiger partial charge < -0.3 is 9.67 Å². The van der Waals surface area contributed by atoms with E-state index >= 15 is 0 Å². The van der Waals surface area contributed by atoms with Gasteiger partial charge in [0.05, 0.1) is 0 Å². The van der Waals surface area contributed by atoms with Crippen LogP contribution in [0.25, 0.3) is 0 Å². The van der Waals surface area contributed by atoms with E-state index in [1.54, 1.807) is 25.5 Å². The predicted octanol–water partition coefficient (Wildman–Crippen LogP) is 0.708. The van der Waals surface area contributed by atoms with Crippen molar-refractivity contribution in [3.05, 3.63) is 27.5 Å². The lowest BCUT2D eigenvalue weighted by Crippen LogP contribution is -2.11. The lowest BCUT2D eigenvalue weighted by Gasteiger charge is -2.08. The van der Waals surface area contributed by atoms with Crippen LogP contribution in [-0.2, 0) is 7.05 Å².